The van der Waals surface area contributed by atoms with Gasteiger partial charge in [-0.25, -0.2) is 9.97 Å². The monoisotopic (exact) mass is 432 g/mol. The number of hydrogen-bond acceptors (Lipinski definition) is 4. The second-order valence-electron chi connectivity index (χ2n) is 5.06. The quantitative estimate of drug-likeness (QED) is 0.367. The summed E-state index contributed by atoms with van der Waals surface area (Å²) in [6.07, 6.45) is -3.68. The summed E-state index contributed by atoms with van der Waals surface area (Å²) in [5.41, 5.74) is 0.304. The van der Waals surface area contributed by atoms with Crippen molar-refractivity contribution in [3.05, 3.63) is 33.8 Å². The molecule has 0 saturated carbocycles. The van der Waals surface area contributed by atoms with Crippen molar-refractivity contribution in [2.24, 2.45) is 12.0 Å². The number of aliphatic imine (C=N–C) groups is 1. The number of alkyl halides is 3. The molecule has 2 rings (SSSR count). The highest BCUT2D eigenvalue weighted by Crippen LogP contribution is 2.33. The number of rotatable bonds is 5. The minimum atomic E-state index is -4.58. The fourth-order valence-electron chi connectivity index (χ4n) is 2.15. The summed E-state index contributed by atoms with van der Waals surface area (Å²) in [5, 5.41) is 0. The van der Waals surface area contributed by atoms with Crippen molar-refractivity contribution >= 4 is 40.5 Å². The molecule has 0 atom stereocenters. The molecule has 25 heavy (non-hydrogen) atoms. The fraction of sp³-hybridized carbons (Fsp3) is 0.312. The fourth-order valence-corrected chi connectivity index (χ4v) is 3.21. The van der Waals surface area contributed by atoms with E-state index in [2.05, 4.69) is 37.6 Å². The van der Waals surface area contributed by atoms with Gasteiger partial charge < -0.3 is 4.57 Å². The van der Waals surface area contributed by atoms with Crippen molar-refractivity contribution in [3.63, 3.8) is 0 Å². The van der Waals surface area contributed by atoms with Crippen LogP contribution >= 0.6 is 27.7 Å². The van der Waals surface area contributed by atoms with Crippen LogP contribution < -0.4 is 0 Å². The van der Waals surface area contributed by atoms with Crippen LogP contribution in [-0.4, -0.2) is 33.2 Å². The molecule has 4 nitrogen and oxygen atoms in total. The first-order valence-electron chi connectivity index (χ1n) is 7.27. The van der Waals surface area contributed by atoms with Gasteiger partial charge in [0.2, 0.25) is 0 Å². The number of pyridine rings is 1. The first-order chi connectivity index (χ1) is 11.7. The van der Waals surface area contributed by atoms with Crippen LogP contribution in [0, 0.1) is 6.92 Å². The van der Waals surface area contributed by atoms with E-state index in [1.54, 1.807) is 30.3 Å². The van der Waals surface area contributed by atoms with Crippen molar-refractivity contribution in [1.29, 1.82) is 0 Å². The maximum absolute atomic E-state index is 12.9. The summed E-state index contributed by atoms with van der Waals surface area (Å²) >= 11 is 4.92. The Hall–Kier alpha value is -1.61. The van der Waals surface area contributed by atoms with E-state index in [9.17, 15) is 13.2 Å². The Balaban J connectivity index is 2.62. The number of hydrogen-bond donors (Lipinski definition) is 0. The summed E-state index contributed by atoms with van der Waals surface area (Å²) in [6, 6.07) is 3.73. The molecule has 0 fully saturated rings. The molecule has 0 aliphatic carbocycles. The average Bonchev–Trinajstić information content (AvgIpc) is 2.81. The summed E-state index contributed by atoms with van der Waals surface area (Å²) in [7, 11) is 1.74. The average molecular weight is 433 g/mol. The SMILES string of the molecule is C=N/C(=C\c1nc(-c2nc(Br)ccc2SCC)n(C)c1C)C(F)(F)F. The lowest BCUT2D eigenvalue weighted by atomic mass is 10.3. The van der Waals surface area contributed by atoms with Crippen molar-refractivity contribution in [2.75, 3.05) is 5.75 Å². The molecule has 2 aromatic heterocycles. The largest absolute Gasteiger partial charge is 0.433 e. The Kier molecular flexibility index (Phi) is 6.10. The van der Waals surface area contributed by atoms with Gasteiger partial charge in [0.1, 0.15) is 16.0 Å². The van der Waals surface area contributed by atoms with Gasteiger partial charge >= 0.3 is 6.18 Å². The smallest absolute Gasteiger partial charge is 0.329 e. The van der Waals surface area contributed by atoms with Gasteiger partial charge in [-0.1, -0.05) is 6.92 Å². The first-order valence-corrected chi connectivity index (χ1v) is 9.05. The number of imidazole rings is 1. The van der Waals surface area contributed by atoms with Crippen LogP contribution in [0.25, 0.3) is 17.6 Å². The number of allylic oxidation sites excluding steroid dienone is 1. The zero-order valence-electron chi connectivity index (χ0n) is 13.9. The Bertz CT molecular complexity index is 828. The molecule has 0 aromatic carbocycles. The summed E-state index contributed by atoms with van der Waals surface area (Å²) in [4.78, 5) is 12.8. The Morgan fingerprint density at radius 3 is 2.64 bits per heavy atom. The molecular weight excluding hydrogens is 417 g/mol. The molecule has 0 amide bonds. The summed E-state index contributed by atoms with van der Waals surface area (Å²) in [5.74, 6) is 1.33. The predicted molar refractivity (Wildman–Crippen MR) is 98.9 cm³/mol. The van der Waals surface area contributed by atoms with Crippen LogP contribution in [-0.2, 0) is 7.05 Å². The molecule has 2 heterocycles. The third-order valence-electron chi connectivity index (χ3n) is 3.49. The van der Waals surface area contributed by atoms with Crippen LogP contribution in [0.4, 0.5) is 13.2 Å². The summed E-state index contributed by atoms with van der Waals surface area (Å²) in [6.45, 7) is 6.71. The van der Waals surface area contributed by atoms with Gasteiger partial charge in [0, 0.05) is 17.6 Å². The number of nitrogens with zero attached hydrogens (tertiary/aromatic N) is 4. The standard InChI is InChI=1S/C16H16BrF3N4S/c1-5-25-11-6-7-13(17)23-14(11)15-22-10(9(2)24(15)4)8-12(21-3)16(18,19)20/h6-8H,3,5H2,1-2,4H3/b12-8-. The van der Waals surface area contributed by atoms with E-state index in [1.807, 2.05) is 19.1 Å². The highest BCUT2D eigenvalue weighted by Gasteiger charge is 2.33. The normalized spacial score (nSPS) is 12.5. The van der Waals surface area contributed by atoms with E-state index in [0.717, 1.165) is 16.7 Å². The van der Waals surface area contributed by atoms with Crippen LogP contribution in [0.2, 0.25) is 0 Å². The zero-order valence-corrected chi connectivity index (χ0v) is 16.3. The molecule has 0 bridgehead atoms. The maximum atomic E-state index is 12.9. The van der Waals surface area contributed by atoms with Crippen LogP contribution in [0.15, 0.2) is 32.3 Å². The van der Waals surface area contributed by atoms with Gasteiger partial charge in [-0.2, -0.15) is 13.2 Å². The number of thioether (sulfide) groups is 1. The molecular formula is C16H16BrF3N4S. The van der Waals surface area contributed by atoms with Gasteiger partial charge in [0.15, 0.2) is 5.82 Å². The van der Waals surface area contributed by atoms with Gasteiger partial charge in [-0.15, -0.1) is 11.8 Å². The van der Waals surface area contributed by atoms with E-state index in [-0.39, 0.29) is 5.69 Å². The van der Waals surface area contributed by atoms with Crippen LogP contribution in [0.1, 0.15) is 18.3 Å². The predicted octanol–water partition coefficient (Wildman–Crippen LogP) is 5.27. The highest BCUT2D eigenvalue weighted by atomic mass is 79.9. The number of aromatic nitrogens is 3. The van der Waals surface area contributed by atoms with Gasteiger partial charge in [-0.3, -0.25) is 4.99 Å². The minimum absolute atomic E-state index is 0.187. The molecule has 134 valence electrons. The van der Waals surface area contributed by atoms with Crippen molar-refractivity contribution in [3.8, 4) is 11.5 Å². The molecule has 2 aromatic rings. The third kappa shape index (κ3) is 4.33. The Labute approximate surface area is 156 Å². The Morgan fingerprint density at radius 1 is 1.40 bits per heavy atom. The molecule has 9 heteroatoms. The van der Waals surface area contributed by atoms with Crippen molar-refractivity contribution in [1.82, 2.24) is 14.5 Å². The van der Waals surface area contributed by atoms with E-state index in [0.29, 0.717) is 21.8 Å². The summed E-state index contributed by atoms with van der Waals surface area (Å²) < 4.78 is 41.1. The van der Waals surface area contributed by atoms with E-state index in [4.69, 9.17) is 0 Å². The topological polar surface area (TPSA) is 43.1 Å². The molecule has 0 aliphatic heterocycles. The van der Waals surface area contributed by atoms with Gasteiger partial charge in [-0.05, 0) is 53.5 Å². The molecule has 0 aliphatic rings. The zero-order chi connectivity index (χ0) is 18.8. The Morgan fingerprint density at radius 2 is 2.08 bits per heavy atom. The second kappa shape index (κ2) is 7.74. The lowest BCUT2D eigenvalue weighted by molar-refractivity contribution is -0.0912. The molecule has 0 radical (unpaired) electrons. The second-order valence-corrected chi connectivity index (χ2v) is 7.18. The molecule has 0 saturated heterocycles. The lowest BCUT2D eigenvalue weighted by Gasteiger charge is -2.08. The maximum Gasteiger partial charge on any atom is 0.433 e. The van der Waals surface area contributed by atoms with Gasteiger partial charge in [0.25, 0.3) is 0 Å². The van der Waals surface area contributed by atoms with E-state index < -0.39 is 11.9 Å². The van der Waals surface area contributed by atoms with Crippen molar-refractivity contribution < 1.29 is 13.2 Å². The molecule has 0 spiro atoms. The van der Waals surface area contributed by atoms with E-state index in [1.165, 1.54) is 0 Å². The highest BCUT2D eigenvalue weighted by molar-refractivity contribution is 9.10. The van der Waals surface area contributed by atoms with Gasteiger partial charge in [0.05, 0.1) is 5.69 Å². The van der Waals surface area contributed by atoms with E-state index >= 15 is 0 Å². The number of halogens is 4. The third-order valence-corrected chi connectivity index (χ3v) is 4.86. The molecule has 0 unspecified atom stereocenters. The first kappa shape index (κ1) is 19.7. The van der Waals surface area contributed by atoms with Crippen LogP contribution in [0.5, 0.6) is 0 Å². The molecule has 0 N–H and O–H groups in total. The van der Waals surface area contributed by atoms with Crippen molar-refractivity contribution in [2.45, 2.75) is 24.9 Å². The minimum Gasteiger partial charge on any atom is -0.329 e. The van der Waals surface area contributed by atoms with Crippen LogP contribution in [0.3, 0.4) is 0 Å². The lowest BCUT2D eigenvalue weighted by Crippen LogP contribution is -2.09.